The van der Waals surface area contributed by atoms with Crippen molar-refractivity contribution >= 4 is 39.8 Å². The van der Waals surface area contributed by atoms with Gasteiger partial charge in [0.1, 0.15) is 10.6 Å². The first-order valence-electron chi connectivity index (χ1n) is 9.52. The van der Waals surface area contributed by atoms with Crippen LogP contribution >= 0.6 is 22.9 Å². The van der Waals surface area contributed by atoms with Gasteiger partial charge in [0.15, 0.2) is 11.5 Å². The Morgan fingerprint density at radius 3 is 2.45 bits per heavy atom. The maximum atomic E-state index is 12.7. The van der Waals surface area contributed by atoms with Crippen molar-refractivity contribution in [1.29, 1.82) is 0 Å². The van der Waals surface area contributed by atoms with Crippen molar-refractivity contribution in [3.05, 3.63) is 64.0 Å². The fourth-order valence-electron chi connectivity index (χ4n) is 3.08. The van der Waals surface area contributed by atoms with Crippen LogP contribution in [0.2, 0.25) is 5.02 Å². The van der Waals surface area contributed by atoms with Crippen molar-refractivity contribution in [3.8, 4) is 22.6 Å². The zero-order chi connectivity index (χ0) is 22.4. The molecule has 0 saturated heterocycles. The minimum Gasteiger partial charge on any atom is -0.493 e. The summed E-state index contributed by atoms with van der Waals surface area (Å²) in [5, 5.41) is 5.55. The number of esters is 1. The molecule has 1 heterocycles. The molecule has 0 saturated carbocycles. The molecule has 0 unspecified atom stereocenters. The van der Waals surface area contributed by atoms with Gasteiger partial charge in [-0.1, -0.05) is 35.9 Å². The van der Waals surface area contributed by atoms with E-state index in [4.69, 9.17) is 25.8 Å². The van der Waals surface area contributed by atoms with E-state index < -0.39 is 5.97 Å². The van der Waals surface area contributed by atoms with Crippen LogP contribution in [-0.4, -0.2) is 32.7 Å². The molecule has 3 rings (SSSR count). The third-order valence-electron chi connectivity index (χ3n) is 4.50. The van der Waals surface area contributed by atoms with Crippen LogP contribution in [0.1, 0.15) is 22.8 Å². The van der Waals surface area contributed by atoms with Gasteiger partial charge in [-0.3, -0.25) is 4.79 Å². The van der Waals surface area contributed by atoms with Crippen LogP contribution in [0.15, 0.2) is 47.8 Å². The molecule has 0 atom stereocenters. The molecular weight excluding hydrogens is 438 g/mol. The highest BCUT2D eigenvalue weighted by atomic mass is 35.5. The summed E-state index contributed by atoms with van der Waals surface area (Å²) in [5.41, 5.74) is 2.36. The maximum absolute atomic E-state index is 12.7. The summed E-state index contributed by atoms with van der Waals surface area (Å²) in [4.78, 5) is 25.4. The third kappa shape index (κ3) is 5.18. The lowest BCUT2D eigenvalue weighted by atomic mass is 10.0. The first kappa shape index (κ1) is 22.7. The predicted molar refractivity (Wildman–Crippen MR) is 123 cm³/mol. The van der Waals surface area contributed by atoms with Crippen LogP contribution in [0.4, 0.5) is 5.00 Å². The monoisotopic (exact) mass is 459 g/mol. The Kier molecular flexibility index (Phi) is 7.55. The molecule has 6 nitrogen and oxygen atoms in total. The molecular formula is C23H22ClNO5S. The van der Waals surface area contributed by atoms with E-state index in [0.29, 0.717) is 38.2 Å². The van der Waals surface area contributed by atoms with Crippen LogP contribution in [-0.2, 0) is 16.0 Å². The number of benzene rings is 2. The van der Waals surface area contributed by atoms with Gasteiger partial charge >= 0.3 is 5.97 Å². The summed E-state index contributed by atoms with van der Waals surface area (Å²) in [6.07, 6.45) is 0.0992. The number of carbonyl (C=O) groups is 2. The number of amides is 1. The van der Waals surface area contributed by atoms with Gasteiger partial charge in [-0.15, -0.1) is 11.3 Å². The van der Waals surface area contributed by atoms with Gasteiger partial charge in [-0.25, -0.2) is 4.79 Å². The minimum atomic E-state index is -0.514. The molecule has 31 heavy (non-hydrogen) atoms. The molecule has 0 bridgehead atoms. The first-order valence-corrected chi connectivity index (χ1v) is 10.8. The molecule has 3 aromatic rings. The Hall–Kier alpha value is -3.03. The average Bonchev–Trinajstić information content (AvgIpc) is 3.17. The van der Waals surface area contributed by atoms with Gasteiger partial charge < -0.3 is 19.5 Å². The number of thiophene rings is 1. The van der Waals surface area contributed by atoms with E-state index in [9.17, 15) is 9.59 Å². The number of hydrogen-bond acceptors (Lipinski definition) is 6. The number of nitrogens with one attached hydrogen (secondary N) is 1. The standard InChI is InChI=1S/C23H22ClNO5S/c1-4-30-23(27)21-16(15-7-5-6-8-17(15)24)13-31-22(21)25-20(26)12-14-9-10-18(28-2)19(11-14)29-3/h5-11,13H,4,12H2,1-3H3,(H,25,26). The molecule has 0 aliphatic heterocycles. The van der Waals surface area contributed by atoms with E-state index >= 15 is 0 Å². The topological polar surface area (TPSA) is 73.9 Å². The highest BCUT2D eigenvalue weighted by molar-refractivity contribution is 7.15. The highest BCUT2D eigenvalue weighted by Gasteiger charge is 2.24. The highest BCUT2D eigenvalue weighted by Crippen LogP contribution is 2.39. The molecule has 8 heteroatoms. The smallest absolute Gasteiger partial charge is 0.341 e. The van der Waals surface area contributed by atoms with Crippen molar-refractivity contribution in [2.24, 2.45) is 0 Å². The zero-order valence-electron chi connectivity index (χ0n) is 17.4. The molecule has 0 aliphatic rings. The van der Waals surface area contributed by atoms with E-state index in [2.05, 4.69) is 5.32 Å². The van der Waals surface area contributed by atoms with Gasteiger partial charge in [0.05, 0.1) is 27.2 Å². The fraction of sp³-hybridized carbons (Fsp3) is 0.217. The van der Waals surface area contributed by atoms with Crippen molar-refractivity contribution < 1.29 is 23.8 Å². The number of anilines is 1. The predicted octanol–water partition coefficient (Wildman–Crippen LogP) is 5.44. The largest absolute Gasteiger partial charge is 0.493 e. The number of rotatable bonds is 8. The van der Waals surface area contributed by atoms with Crippen molar-refractivity contribution in [3.63, 3.8) is 0 Å². The van der Waals surface area contributed by atoms with E-state index in [-0.39, 0.29) is 18.9 Å². The fourth-order valence-corrected chi connectivity index (χ4v) is 4.28. The van der Waals surface area contributed by atoms with E-state index in [1.807, 2.05) is 18.2 Å². The van der Waals surface area contributed by atoms with Gasteiger partial charge in [-0.2, -0.15) is 0 Å². The Morgan fingerprint density at radius 1 is 1.03 bits per heavy atom. The van der Waals surface area contributed by atoms with Crippen LogP contribution in [0.3, 0.4) is 0 Å². The van der Waals surface area contributed by atoms with Crippen LogP contribution in [0.5, 0.6) is 11.5 Å². The van der Waals surface area contributed by atoms with E-state index in [1.165, 1.54) is 18.4 Å². The van der Waals surface area contributed by atoms with Crippen LogP contribution in [0, 0.1) is 0 Å². The first-order chi connectivity index (χ1) is 15.0. The van der Waals surface area contributed by atoms with Gasteiger partial charge in [0, 0.05) is 21.5 Å². The number of methoxy groups -OCH3 is 2. The average molecular weight is 460 g/mol. The minimum absolute atomic E-state index is 0.0992. The molecule has 2 aromatic carbocycles. The van der Waals surface area contributed by atoms with Gasteiger partial charge in [0.2, 0.25) is 5.91 Å². The van der Waals surface area contributed by atoms with E-state index in [0.717, 1.165) is 5.56 Å². The molecule has 1 aromatic heterocycles. The normalized spacial score (nSPS) is 10.5. The molecule has 0 spiro atoms. The maximum Gasteiger partial charge on any atom is 0.341 e. The molecule has 0 fully saturated rings. The summed E-state index contributed by atoms with van der Waals surface area (Å²) >= 11 is 7.58. The van der Waals surface area contributed by atoms with Gasteiger partial charge in [-0.05, 0) is 30.7 Å². The lowest BCUT2D eigenvalue weighted by Crippen LogP contribution is -2.16. The summed E-state index contributed by atoms with van der Waals surface area (Å²) in [6, 6.07) is 12.5. The Morgan fingerprint density at radius 2 is 1.77 bits per heavy atom. The number of carbonyl (C=O) groups excluding carboxylic acids is 2. The third-order valence-corrected chi connectivity index (χ3v) is 5.73. The second kappa shape index (κ2) is 10.3. The molecule has 0 aliphatic carbocycles. The summed E-state index contributed by atoms with van der Waals surface area (Å²) < 4.78 is 15.7. The van der Waals surface area contributed by atoms with Crippen LogP contribution in [0.25, 0.3) is 11.1 Å². The second-order valence-corrected chi connectivity index (χ2v) is 7.75. The Bertz CT molecular complexity index is 1100. The molecule has 1 amide bonds. The lowest BCUT2D eigenvalue weighted by Gasteiger charge is -2.11. The summed E-state index contributed by atoms with van der Waals surface area (Å²) in [7, 11) is 3.09. The van der Waals surface area contributed by atoms with Crippen LogP contribution < -0.4 is 14.8 Å². The number of hydrogen-bond donors (Lipinski definition) is 1. The second-order valence-electron chi connectivity index (χ2n) is 6.47. The Balaban J connectivity index is 1.88. The summed E-state index contributed by atoms with van der Waals surface area (Å²) in [6.45, 7) is 1.95. The molecule has 0 radical (unpaired) electrons. The zero-order valence-corrected chi connectivity index (χ0v) is 18.9. The number of ether oxygens (including phenoxy) is 3. The molecule has 162 valence electrons. The van der Waals surface area contributed by atoms with E-state index in [1.54, 1.807) is 43.7 Å². The number of halogens is 1. The Labute approximate surface area is 189 Å². The summed E-state index contributed by atoms with van der Waals surface area (Å²) in [5.74, 6) is 0.335. The molecule has 1 N–H and O–H groups in total. The quantitative estimate of drug-likeness (QED) is 0.454. The lowest BCUT2D eigenvalue weighted by molar-refractivity contribution is -0.115. The van der Waals surface area contributed by atoms with Crippen molar-refractivity contribution in [1.82, 2.24) is 0 Å². The van der Waals surface area contributed by atoms with Crippen molar-refractivity contribution in [2.75, 3.05) is 26.1 Å². The van der Waals surface area contributed by atoms with Gasteiger partial charge in [0.25, 0.3) is 0 Å². The van der Waals surface area contributed by atoms with Crippen molar-refractivity contribution in [2.45, 2.75) is 13.3 Å². The SMILES string of the molecule is CCOC(=O)c1c(-c2ccccc2Cl)csc1NC(=O)Cc1ccc(OC)c(OC)c1.